The van der Waals surface area contributed by atoms with Crippen molar-refractivity contribution >= 4 is 5.91 Å². The smallest absolute Gasteiger partial charge is 0.276 e. The van der Waals surface area contributed by atoms with Crippen molar-refractivity contribution in [1.82, 2.24) is 15.0 Å². The first kappa shape index (κ1) is 22.0. The molecule has 0 radical (unpaired) electrons. The lowest BCUT2D eigenvalue weighted by Gasteiger charge is -2.21. The van der Waals surface area contributed by atoms with Crippen molar-refractivity contribution in [3.05, 3.63) is 82.5 Å². The predicted octanol–water partition coefficient (Wildman–Crippen LogP) is 4.36. The summed E-state index contributed by atoms with van der Waals surface area (Å²) in [5.74, 6) is 0.981. The third kappa shape index (κ3) is 5.16. The first-order valence-corrected chi connectivity index (χ1v) is 10.9. The van der Waals surface area contributed by atoms with Crippen LogP contribution in [0.25, 0.3) is 0 Å². The first-order valence-electron chi connectivity index (χ1n) is 10.9. The van der Waals surface area contributed by atoms with Gasteiger partial charge in [0.2, 0.25) is 0 Å². The Morgan fingerprint density at radius 1 is 1.06 bits per heavy atom. The second-order valence-electron chi connectivity index (χ2n) is 8.20. The van der Waals surface area contributed by atoms with E-state index in [4.69, 9.17) is 9.26 Å². The maximum atomic E-state index is 14.0. The van der Waals surface area contributed by atoms with Gasteiger partial charge in [-0.2, -0.15) is 0 Å². The minimum Gasteiger partial charge on any atom is -0.485 e. The summed E-state index contributed by atoms with van der Waals surface area (Å²) in [6.07, 6.45) is 0.820. The summed E-state index contributed by atoms with van der Waals surface area (Å²) in [6.45, 7) is 7.42. The summed E-state index contributed by atoms with van der Waals surface area (Å²) in [5, 5.41) is 3.97. The number of hydrogen-bond donors (Lipinski definition) is 0. The van der Waals surface area contributed by atoms with E-state index in [1.807, 2.05) is 38.1 Å². The zero-order valence-electron chi connectivity index (χ0n) is 18.5. The number of ether oxygens (including phenoxy) is 1. The molecule has 168 valence electrons. The largest absolute Gasteiger partial charge is 0.485 e. The highest BCUT2D eigenvalue weighted by atomic mass is 19.1. The lowest BCUT2D eigenvalue weighted by molar-refractivity contribution is 0.0750. The molecule has 4 rings (SSSR count). The van der Waals surface area contributed by atoms with Crippen LogP contribution < -0.4 is 4.74 Å². The Balaban J connectivity index is 1.33. The van der Waals surface area contributed by atoms with Gasteiger partial charge in [-0.15, -0.1) is 0 Å². The van der Waals surface area contributed by atoms with Crippen LogP contribution in [0.3, 0.4) is 0 Å². The van der Waals surface area contributed by atoms with E-state index < -0.39 is 0 Å². The van der Waals surface area contributed by atoms with Gasteiger partial charge in [0, 0.05) is 44.4 Å². The average molecular weight is 438 g/mol. The third-order valence-corrected chi connectivity index (χ3v) is 5.77. The Kier molecular flexibility index (Phi) is 6.85. The molecule has 0 saturated carbocycles. The summed E-state index contributed by atoms with van der Waals surface area (Å²) < 4.78 is 25.2. The molecular formula is C25H28FN3O3. The second kappa shape index (κ2) is 9.96. The van der Waals surface area contributed by atoms with Gasteiger partial charge in [-0.25, -0.2) is 4.39 Å². The molecule has 1 amide bonds. The van der Waals surface area contributed by atoms with E-state index in [-0.39, 0.29) is 24.0 Å². The van der Waals surface area contributed by atoms with Crippen LogP contribution in [0.15, 0.2) is 53.1 Å². The van der Waals surface area contributed by atoms with Crippen molar-refractivity contribution in [3.63, 3.8) is 0 Å². The summed E-state index contributed by atoms with van der Waals surface area (Å²) in [5.41, 5.74) is 3.06. The van der Waals surface area contributed by atoms with Crippen molar-refractivity contribution in [2.45, 2.75) is 33.4 Å². The minimum atomic E-state index is -0.192. The maximum absolute atomic E-state index is 14.0. The van der Waals surface area contributed by atoms with Gasteiger partial charge >= 0.3 is 0 Å². The Hall–Kier alpha value is -3.19. The molecule has 0 aliphatic carbocycles. The number of nitrogens with zero attached hydrogens (tertiary/aromatic N) is 3. The number of hydrogen-bond acceptors (Lipinski definition) is 5. The minimum absolute atomic E-state index is 0.153. The molecule has 6 nitrogen and oxygen atoms in total. The molecule has 32 heavy (non-hydrogen) atoms. The topological polar surface area (TPSA) is 58.8 Å². The Morgan fingerprint density at radius 2 is 1.84 bits per heavy atom. The Labute approximate surface area is 187 Å². The van der Waals surface area contributed by atoms with Crippen LogP contribution in [0, 0.1) is 19.7 Å². The van der Waals surface area contributed by atoms with Crippen LogP contribution in [0.4, 0.5) is 4.39 Å². The molecule has 2 heterocycles. The molecule has 1 saturated heterocycles. The summed E-state index contributed by atoms with van der Waals surface area (Å²) in [6, 6.07) is 14.5. The average Bonchev–Trinajstić information content (AvgIpc) is 3.13. The fourth-order valence-corrected chi connectivity index (χ4v) is 4.01. The number of aromatic nitrogens is 1. The third-order valence-electron chi connectivity index (χ3n) is 5.77. The first-order chi connectivity index (χ1) is 15.5. The number of carbonyl (C=O) groups is 1. The fourth-order valence-electron chi connectivity index (χ4n) is 4.01. The van der Waals surface area contributed by atoms with Crippen LogP contribution >= 0.6 is 0 Å². The van der Waals surface area contributed by atoms with Crippen LogP contribution in [0.5, 0.6) is 5.75 Å². The monoisotopic (exact) mass is 437 g/mol. The molecule has 0 N–H and O–H groups in total. The van der Waals surface area contributed by atoms with Crippen molar-refractivity contribution in [3.8, 4) is 5.75 Å². The van der Waals surface area contributed by atoms with Gasteiger partial charge < -0.3 is 14.2 Å². The number of para-hydroxylation sites is 1. The van der Waals surface area contributed by atoms with E-state index in [1.54, 1.807) is 23.1 Å². The zero-order chi connectivity index (χ0) is 22.5. The molecule has 0 unspecified atom stereocenters. The fraction of sp³-hybridized carbons (Fsp3) is 0.360. The summed E-state index contributed by atoms with van der Waals surface area (Å²) >= 11 is 0. The molecule has 3 aromatic rings. The molecule has 1 fully saturated rings. The SMILES string of the molecule is Cc1cccc(C)c1OCc1cc(C(=O)N2CCCN(Cc3ccccc3F)CC2)no1. The van der Waals surface area contributed by atoms with Gasteiger partial charge in [0.15, 0.2) is 11.5 Å². The number of amides is 1. The quantitative estimate of drug-likeness (QED) is 0.574. The lowest BCUT2D eigenvalue weighted by Crippen LogP contribution is -2.35. The molecule has 1 aliphatic rings. The van der Waals surface area contributed by atoms with E-state index in [9.17, 15) is 9.18 Å². The number of benzene rings is 2. The van der Waals surface area contributed by atoms with Gasteiger partial charge in [0.1, 0.15) is 18.2 Å². The number of carbonyl (C=O) groups excluding carboxylic acids is 1. The van der Waals surface area contributed by atoms with E-state index in [0.29, 0.717) is 37.5 Å². The summed E-state index contributed by atoms with van der Waals surface area (Å²) in [7, 11) is 0. The van der Waals surface area contributed by atoms with Gasteiger partial charge in [-0.05, 0) is 37.5 Å². The highest BCUT2D eigenvalue weighted by molar-refractivity contribution is 5.92. The maximum Gasteiger partial charge on any atom is 0.276 e. The Morgan fingerprint density at radius 3 is 2.62 bits per heavy atom. The summed E-state index contributed by atoms with van der Waals surface area (Å²) in [4.78, 5) is 16.9. The van der Waals surface area contributed by atoms with E-state index >= 15 is 0 Å². The van der Waals surface area contributed by atoms with E-state index in [0.717, 1.165) is 29.8 Å². The van der Waals surface area contributed by atoms with Gasteiger partial charge in [-0.3, -0.25) is 9.69 Å². The second-order valence-corrected chi connectivity index (χ2v) is 8.20. The molecular weight excluding hydrogens is 409 g/mol. The number of rotatable bonds is 6. The predicted molar refractivity (Wildman–Crippen MR) is 119 cm³/mol. The number of aryl methyl sites for hydroxylation is 2. The molecule has 1 aromatic heterocycles. The van der Waals surface area contributed by atoms with Crippen molar-refractivity contribution in [1.29, 1.82) is 0 Å². The molecule has 0 bridgehead atoms. The molecule has 7 heteroatoms. The van der Waals surface area contributed by atoms with Crippen molar-refractivity contribution < 1.29 is 18.4 Å². The molecule has 0 atom stereocenters. The normalized spacial score (nSPS) is 14.9. The van der Waals surface area contributed by atoms with Crippen LogP contribution in [0.2, 0.25) is 0 Å². The van der Waals surface area contributed by atoms with Gasteiger partial charge in [0.05, 0.1) is 0 Å². The van der Waals surface area contributed by atoms with Crippen molar-refractivity contribution in [2.24, 2.45) is 0 Å². The van der Waals surface area contributed by atoms with Gasteiger partial charge in [-0.1, -0.05) is 41.6 Å². The van der Waals surface area contributed by atoms with Crippen LogP contribution in [-0.2, 0) is 13.2 Å². The van der Waals surface area contributed by atoms with Crippen LogP contribution in [0.1, 0.15) is 39.4 Å². The highest BCUT2D eigenvalue weighted by Crippen LogP contribution is 2.23. The van der Waals surface area contributed by atoms with E-state index in [2.05, 4.69) is 10.1 Å². The number of halogens is 1. The standard InChI is InChI=1S/C25H28FN3O3/c1-18-7-5-8-19(2)24(18)31-17-21-15-23(27-32-21)25(30)29-12-6-11-28(13-14-29)16-20-9-3-4-10-22(20)26/h3-5,7-10,15H,6,11-14,16-17H2,1-2H3. The van der Waals surface area contributed by atoms with Crippen molar-refractivity contribution in [2.75, 3.05) is 26.2 Å². The molecule has 1 aliphatic heterocycles. The lowest BCUT2D eigenvalue weighted by atomic mass is 10.1. The zero-order valence-corrected chi connectivity index (χ0v) is 18.5. The highest BCUT2D eigenvalue weighted by Gasteiger charge is 2.23. The van der Waals surface area contributed by atoms with Gasteiger partial charge in [0.25, 0.3) is 5.91 Å². The Bertz CT molecular complexity index is 1060. The van der Waals surface area contributed by atoms with Crippen LogP contribution in [-0.4, -0.2) is 47.0 Å². The molecule has 0 spiro atoms. The van der Waals surface area contributed by atoms with E-state index in [1.165, 1.54) is 6.07 Å². The molecule has 2 aromatic carbocycles.